The van der Waals surface area contributed by atoms with Gasteiger partial charge in [-0.2, -0.15) is 0 Å². The van der Waals surface area contributed by atoms with E-state index >= 15 is 0 Å². The van der Waals surface area contributed by atoms with Crippen molar-refractivity contribution in [3.05, 3.63) is 30.1 Å². The number of fused-ring (bicyclic) bond motifs is 2. The Hall–Kier alpha value is -1.62. The summed E-state index contributed by atoms with van der Waals surface area (Å²) < 4.78 is 14.2. The van der Waals surface area contributed by atoms with Crippen LogP contribution in [0.4, 0.5) is 10.1 Å². The fraction of sp³-hybridized carbons (Fsp3) is 0.533. The quantitative estimate of drug-likeness (QED) is 0.842. The first-order valence-electron chi connectivity index (χ1n) is 7.28. The van der Waals surface area contributed by atoms with Gasteiger partial charge in [0.05, 0.1) is 17.8 Å². The van der Waals surface area contributed by atoms with E-state index in [1.165, 1.54) is 6.07 Å². The lowest BCUT2D eigenvalue weighted by atomic mass is 9.72. The van der Waals surface area contributed by atoms with Gasteiger partial charge in [0.2, 0.25) is 0 Å². The van der Waals surface area contributed by atoms with Gasteiger partial charge in [0, 0.05) is 6.54 Å². The molecule has 2 bridgehead atoms. The van der Waals surface area contributed by atoms with Crippen molar-refractivity contribution in [2.24, 2.45) is 16.6 Å². The van der Waals surface area contributed by atoms with Crippen LogP contribution in [0.25, 0.3) is 0 Å². The lowest BCUT2D eigenvalue weighted by molar-refractivity contribution is 0.0389. The highest BCUT2D eigenvalue weighted by atomic mass is 19.1. The van der Waals surface area contributed by atoms with Crippen LogP contribution in [0.1, 0.15) is 12.8 Å². The van der Waals surface area contributed by atoms with Gasteiger partial charge in [0.25, 0.3) is 0 Å². The lowest BCUT2D eigenvalue weighted by Gasteiger charge is -2.55. The molecule has 5 heteroatoms. The van der Waals surface area contributed by atoms with Gasteiger partial charge in [-0.1, -0.05) is 12.1 Å². The molecule has 0 radical (unpaired) electrons. The average molecular weight is 274 g/mol. The topological polar surface area (TPSA) is 44.9 Å². The van der Waals surface area contributed by atoms with Crippen molar-refractivity contribution in [1.29, 1.82) is 0 Å². The number of anilines is 1. The number of aliphatic imine (C=N–C) groups is 1. The van der Waals surface area contributed by atoms with Crippen molar-refractivity contribution in [3.8, 4) is 0 Å². The molecule has 5 rings (SSSR count). The second-order valence-electron chi connectivity index (χ2n) is 6.12. The maximum absolute atomic E-state index is 14.2. The minimum atomic E-state index is -0.219. The highest BCUT2D eigenvalue weighted by molar-refractivity contribution is 5.98. The van der Waals surface area contributed by atoms with E-state index in [9.17, 15) is 4.39 Å². The van der Waals surface area contributed by atoms with Crippen molar-refractivity contribution >= 4 is 11.6 Å². The van der Waals surface area contributed by atoms with Crippen LogP contribution in [-0.2, 0) is 0 Å². The smallest absolute Gasteiger partial charge is 0.196 e. The second kappa shape index (κ2) is 4.19. The number of guanidine groups is 1. The van der Waals surface area contributed by atoms with Gasteiger partial charge in [-0.05, 0) is 44.0 Å². The molecule has 1 atom stereocenters. The molecule has 3 saturated heterocycles. The van der Waals surface area contributed by atoms with Crippen molar-refractivity contribution in [2.75, 3.05) is 31.1 Å². The molecule has 2 N–H and O–H groups in total. The molecule has 4 nitrogen and oxygen atoms in total. The molecule has 106 valence electrons. The zero-order valence-electron chi connectivity index (χ0n) is 11.4. The number of hydrogen-bond acceptors (Lipinski definition) is 4. The molecule has 0 aliphatic carbocycles. The maximum atomic E-state index is 14.2. The minimum Gasteiger partial charge on any atom is -0.369 e. The van der Waals surface area contributed by atoms with Gasteiger partial charge in [0.1, 0.15) is 5.82 Å². The van der Waals surface area contributed by atoms with Crippen LogP contribution in [0.15, 0.2) is 29.3 Å². The molecule has 4 heterocycles. The van der Waals surface area contributed by atoms with Crippen molar-refractivity contribution in [2.45, 2.75) is 18.4 Å². The monoisotopic (exact) mass is 274 g/mol. The number of halogens is 1. The largest absolute Gasteiger partial charge is 0.369 e. The summed E-state index contributed by atoms with van der Waals surface area (Å²) in [5, 5.41) is 0. The Bertz CT molecular complexity index is 565. The molecular weight excluding hydrogens is 255 g/mol. The first-order valence-corrected chi connectivity index (χ1v) is 7.28. The zero-order valence-corrected chi connectivity index (χ0v) is 11.4. The maximum Gasteiger partial charge on any atom is 0.196 e. The average Bonchev–Trinajstić information content (AvgIpc) is 2.78. The Kier molecular flexibility index (Phi) is 2.54. The van der Waals surface area contributed by atoms with E-state index in [0.29, 0.717) is 24.1 Å². The number of benzene rings is 1. The normalized spacial score (nSPS) is 35.6. The summed E-state index contributed by atoms with van der Waals surface area (Å²) in [6.07, 6.45) is 2.32. The summed E-state index contributed by atoms with van der Waals surface area (Å²) in [7, 11) is 0. The predicted octanol–water partition coefficient (Wildman–Crippen LogP) is 1.42. The van der Waals surface area contributed by atoms with Crippen LogP contribution < -0.4 is 10.6 Å². The molecule has 1 spiro atoms. The molecule has 20 heavy (non-hydrogen) atoms. The molecule has 4 aliphatic rings. The molecular formula is C15H19FN4. The third-order valence-corrected chi connectivity index (χ3v) is 5.13. The third-order valence-electron chi connectivity index (χ3n) is 5.13. The fourth-order valence-electron chi connectivity index (χ4n) is 4.16. The zero-order chi connectivity index (χ0) is 13.7. The van der Waals surface area contributed by atoms with E-state index in [2.05, 4.69) is 9.89 Å². The lowest BCUT2D eigenvalue weighted by Crippen LogP contribution is -2.68. The number of piperidine rings is 3. The Morgan fingerprint density at radius 2 is 2.00 bits per heavy atom. The summed E-state index contributed by atoms with van der Waals surface area (Å²) in [5.41, 5.74) is 6.54. The van der Waals surface area contributed by atoms with E-state index in [1.807, 2.05) is 17.0 Å². The highest BCUT2D eigenvalue weighted by Gasteiger charge is 2.54. The summed E-state index contributed by atoms with van der Waals surface area (Å²) in [5.74, 6) is 0.795. The van der Waals surface area contributed by atoms with E-state index in [4.69, 9.17) is 5.73 Å². The first kappa shape index (κ1) is 12.1. The standard InChI is InChI=1S/C15H19FN4/c16-12-3-1-2-4-13(12)20-14(17)18-9-15(20)10-19-7-5-11(15)6-8-19/h1-4,11H,5-10H2,(H2,17,18). The van der Waals surface area contributed by atoms with E-state index in [1.54, 1.807) is 6.07 Å². The SMILES string of the molecule is NC1=NCC2(CN3CCC2CC3)N1c1ccccc1F. The summed E-state index contributed by atoms with van der Waals surface area (Å²) in [6.45, 7) is 3.93. The minimum absolute atomic E-state index is 0.136. The van der Waals surface area contributed by atoms with Gasteiger partial charge in [-0.25, -0.2) is 4.39 Å². The van der Waals surface area contributed by atoms with Gasteiger partial charge in [-0.15, -0.1) is 0 Å². The van der Waals surface area contributed by atoms with Crippen LogP contribution in [-0.4, -0.2) is 42.6 Å². The molecule has 3 fully saturated rings. The number of hydrogen-bond donors (Lipinski definition) is 1. The molecule has 0 aromatic heterocycles. The Balaban J connectivity index is 1.80. The van der Waals surface area contributed by atoms with Crippen LogP contribution in [0.5, 0.6) is 0 Å². The number of para-hydroxylation sites is 1. The summed E-state index contributed by atoms with van der Waals surface area (Å²) in [4.78, 5) is 8.89. The molecule has 1 unspecified atom stereocenters. The van der Waals surface area contributed by atoms with Crippen molar-refractivity contribution < 1.29 is 4.39 Å². The Morgan fingerprint density at radius 3 is 2.65 bits per heavy atom. The number of rotatable bonds is 1. The van der Waals surface area contributed by atoms with E-state index in [0.717, 1.165) is 32.5 Å². The van der Waals surface area contributed by atoms with Gasteiger partial charge in [-0.3, -0.25) is 4.99 Å². The molecule has 1 aromatic carbocycles. The Labute approximate surface area is 118 Å². The Morgan fingerprint density at radius 1 is 1.25 bits per heavy atom. The van der Waals surface area contributed by atoms with Crippen molar-refractivity contribution in [1.82, 2.24) is 4.90 Å². The van der Waals surface area contributed by atoms with E-state index < -0.39 is 0 Å². The second-order valence-corrected chi connectivity index (χ2v) is 6.12. The van der Waals surface area contributed by atoms with Crippen LogP contribution >= 0.6 is 0 Å². The molecule has 0 saturated carbocycles. The van der Waals surface area contributed by atoms with Crippen molar-refractivity contribution in [3.63, 3.8) is 0 Å². The van der Waals surface area contributed by atoms with Gasteiger partial charge >= 0.3 is 0 Å². The molecule has 0 amide bonds. The molecule has 1 aromatic rings. The fourth-order valence-corrected chi connectivity index (χ4v) is 4.16. The molecule has 4 aliphatic heterocycles. The van der Waals surface area contributed by atoms with Crippen LogP contribution in [0.2, 0.25) is 0 Å². The third kappa shape index (κ3) is 1.53. The first-order chi connectivity index (χ1) is 9.71. The highest BCUT2D eigenvalue weighted by Crippen LogP contribution is 2.44. The van der Waals surface area contributed by atoms with E-state index in [-0.39, 0.29) is 11.4 Å². The van der Waals surface area contributed by atoms with Crippen LogP contribution in [0, 0.1) is 11.7 Å². The van der Waals surface area contributed by atoms with Crippen LogP contribution in [0.3, 0.4) is 0 Å². The summed E-state index contributed by atoms with van der Waals surface area (Å²) >= 11 is 0. The number of nitrogens with zero attached hydrogens (tertiary/aromatic N) is 3. The summed E-state index contributed by atoms with van der Waals surface area (Å²) in [6, 6.07) is 6.88. The van der Waals surface area contributed by atoms with Gasteiger partial charge in [0.15, 0.2) is 5.96 Å². The predicted molar refractivity (Wildman–Crippen MR) is 77.3 cm³/mol. The number of nitrogens with two attached hydrogens (primary N) is 1. The van der Waals surface area contributed by atoms with Gasteiger partial charge < -0.3 is 15.5 Å².